The van der Waals surface area contributed by atoms with Crippen LogP contribution in [-0.2, 0) is 0 Å². The van der Waals surface area contributed by atoms with Gasteiger partial charge in [-0.1, -0.05) is 6.92 Å². The van der Waals surface area contributed by atoms with Gasteiger partial charge in [-0.3, -0.25) is 0 Å². The topological polar surface area (TPSA) is 61.3 Å². The van der Waals surface area contributed by atoms with Crippen molar-refractivity contribution in [2.24, 2.45) is 5.92 Å². The number of hydrogen-bond donors (Lipinski definition) is 2. The fourth-order valence-corrected chi connectivity index (χ4v) is 2.43. The van der Waals surface area contributed by atoms with Crippen molar-refractivity contribution in [1.82, 2.24) is 9.97 Å². The van der Waals surface area contributed by atoms with E-state index in [-0.39, 0.29) is 12.0 Å². The molecular formula is C13H22N4O. The molecule has 0 radical (unpaired) electrons. The van der Waals surface area contributed by atoms with Crippen LogP contribution in [0.3, 0.4) is 0 Å². The second kappa shape index (κ2) is 5.52. The molecule has 0 aliphatic carbocycles. The maximum Gasteiger partial charge on any atom is 0.137 e. The molecule has 1 aliphatic rings. The predicted molar refractivity (Wildman–Crippen MR) is 72.9 cm³/mol. The van der Waals surface area contributed by atoms with Gasteiger partial charge < -0.3 is 15.3 Å². The van der Waals surface area contributed by atoms with Crippen molar-refractivity contribution in [3.63, 3.8) is 0 Å². The second-order valence-corrected chi connectivity index (χ2v) is 4.98. The number of hydrogen-bond acceptors (Lipinski definition) is 5. The zero-order chi connectivity index (χ0) is 13.1. The molecule has 18 heavy (non-hydrogen) atoms. The Hall–Kier alpha value is -1.36. The summed E-state index contributed by atoms with van der Waals surface area (Å²) in [5, 5.41) is 13.0. The molecule has 2 N–H and O–H groups in total. The van der Waals surface area contributed by atoms with E-state index >= 15 is 0 Å². The van der Waals surface area contributed by atoms with Crippen LogP contribution in [0.1, 0.15) is 25.8 Å². The van der Waals surface area contributed by atoms with Crippen molar-refractivity contribution in [3.8, 4) is 0 Å². The van der Waals surface area contributed by atoms with E-state index in [1.54, 1.807) is 6.33 Å². The first kappa shape index (κ1) is 13.1. The zero-order valence-corrected chi connectivity index (χ0v) is 11.3. The molecular weight excluding hydrogens is 228 g/mol. The van der Waals surface area contributed by atoms with E-state index in [2.05, 4.69) is 34.0 Å². The number of aromatic nitrogens is 2. The van der Waals surface area contributed by atoms with Gasteiger partial charge in [0.2, 0.25) is 0 Å². The lowest BCUT2D eigenvalue weighted by molar-refractivity contribution is 0.0968. The third-order valence-corrected chi connectivity index (χ3v) is 3.56. The molecule has 100 valence electrons. The summed E-state index contributed by atoms with van der Waals surface area (Å²) in [6.07, 6.45) is 2.23. The maximum atomic E-state index is 9.78. The summed E-state index contributed by atoms with van der Waals surface area (Å²) in [6.45, 7) is 8.74. The van der Waals surface area contributed by atoms with Gasteiger partial charge in [-0.05, 0) is 26.2 Å². The molecule has 0 bridgehead atoms. The molecule has 1 aliphatic heterocycles. The number of aliphatic hydroxyl groups is 1. The van der Waals surface area contributed by atoms with Crippen LogP contribution in [0.5, 0.6) is 0 Å². The van der Waals surface area contributed by atoms with E-state index in [4.69, 9.17) is 0 Å². The molecule has 5 nitrogen and oxygen atoms in total. The van der Waals surface area contributed by atoms with E-state index in [1.807, 2.05) is 6.92 Å². The summed E-state index contributed by atoms with van der Waals surface area (Å²) < 4.78 is 0. The smallest absolute Gasteiger partial charge is 0.137 e. The van der Waals surface area contributed by atoms with Gasteiger partial charge in [0, 0.05) is 25.2 Å². The lowest BCUT2D eigenvalue weighted by Gasteiger charge is -2.35. The minimum Gasteiger partial charge on any atom is -0.393 e. The predicted octanol–water partition coefficient (Wildman–Crippen LogP) is 1.42. The van der Waals surface area contributed by atoms with Gasteiger partial charge in [-0.15, -0.1) is 0 Å². The first-order valence-electron chi connectivity index (χ1n) is 6.62. The van der Waals surface area contributed by atoms with Gasteiger partial charge in [0.1, 0.15) is 18.0 Å². The van der Waals surface area contributed by atoms with E-state index in [9.17, 15) is 5.11 Å². The third-order valence-electron chi connectivity index (χ3n) is 3.56. The van der Waals surface area contributed by atoms with E-state index in [0.29, 0.717) is 0 Å². The van der Waals surface area contributed by atoms with Crippen LogP contribution in [-0.4, -0.2) is 40.8 Å². The summed E-state index contributed by atoms with van der Waals surface area (Å²) in [4.78, 5) is 10.9. The van der Waals surface area contributed by atoms with Crippen LogP contribution in [0.25, 0.3) is 0 Å². The maximum absolute atomic E-state index is 9.78. The first-order chi connectivity index (χ1) is 8.63. The van der Waals surface area contributed by atoms with Gasteiger partial charge in [-0.2, -0.15) is 0 Å². The number of piperidine rings is 1. The Balaban J connectivity index is 2.20. The molecule has 1 saturated heterocycles. The Kier molecular flexibility index (Phi) is 4.01. The average Bonchev–Trinajstić information content (AvgIpc) is 2.36. The summed E-state index contributed by atoms with van der Waals surface area (Å²) in [6, 6.07) is 0. The second-order valence-electron chi connectivity index (χ2n) is 4.98. The molecule has 1 aromatic rings. The average molecular weight is 250 g/mol. The van der Waals surface area contributed by atoms with Crippen LogP contribution in [0.2, 0.25) is 0 Å². The van der Waals surface area contributed by atoms with Gasteiger partial charge in [0.05, 0.1) is 6.10 Å². The lowest BCUT2D eigenvalue weighted by atomic mass is 9.96. The molecule has 0 amide bonds. The molecule has 2 rings (SSSR count). The highest BCUT2D eigenvalue weighted by Gasteiger charge is 2.26. The van der Waals surface area contributed by atoms with Gasteiger partial charge >= 0.3 is 0 Å². The monoisotopic (exact) mass is 250 g/mol. The fraction of sp³-hybridized carbons (Fsp3) is 0.692. The van der Waals surface area contributed by atoms with Crippen LogP contribution in [0, 0.1) is 12.8 Å². The van der Waals surface area contributed by atoms with Crippen molar-refractivity contribution in [2.45, 2.75) is 33.3 Å². The SMILES string of the molecule is CCNc1ncnc(N2CCC(O)C(C)C2)c1C. The van der Waals surface area contributed by atoms with Crippen LogP contribution in [0.4, 0.5) is 11.6 Å². The van der Waals surface area contributed by atoms with Gasteiger partial charge in [-0.25, -0.2) is 9.97 Å². The molecule has 2 atom stereocenters. The van der Waals surface area contributed by atoms with Crippen molar-refractivity contribution >= 4 is 11.6 Å². The minimum atomic E-state index is -0.184. The Bertz CT molecular complexity index is 410. The summed E-state index contributed by atoms with van der Waals surface area (Å²) in [5.74, 6) is 2.18. The van der Waals surface area contributed by atoms with Crippen molar-refractivity contribution < 1.29 is 5.11 Å². The van der Waals surface area contributed by atoms with Crippen molar-refractivity contribution in [2.75, 3.05) is 29.9 Å². The largest absolute Gasteiger partial charge is 0.393 e. The minimum absolute atomic E-state index is 0.184. The molecule has 0 spiro atoms. The summed E-state index contributed by atoms with van der Waals surface area (Å²) >= 11 is 0. The standard InChI is InChI=1S/C13H22N4O/c1-4-14-12-10(3)13(16-8-15-12)17-6-5-11(18)9(2)7-17/h8-9,11,18H,4-7H2,1-3H3,(H,14,15,16). The fourth-order valence-electron chi connectivity index (χ4n) is 2.43. The molecule has 0 saturated carbocycles. The lowest BCUT2D eigenvalue weighted by Crippen LogP contribution is -2.42. The van der Waals surface area contributed by atoms with Crippen LogP contribution in [0.15, 0.2) is 6.33 Å². The van der Waals surface area contributed by atoms with E-state index < -0.39 is 0 Å². The molecule has 2 unspecified atom stereocenters. The molecule has 1 fully saturated rings. The normalized spacial score (nSPS) is 24.1. The number of aliphatic hydroxyl groups excluding tert-OH is 1. The van der Waals surface area contributed by atoms with E-state index in [1.165, 1.54) is 0 Å². The highest BCUT2D eigenvalue weighted by molar-refractivity contribution is 5.58. The third kappa shape index (κ3) is 2.56. The van der Waals surface area contributed by atoms with Crippen LogP contribution >= 0.6 is 0 Å². The quantitative estimate of drug-likeness (QED) is 0.849. The number of rotatable bonds is 3. The number of nitrogens with one attached hydrogen (secondary N) is 1. The van der Waals surface area contributed by atoms with Gasteiger partial charge in [0.15, 0.2) is 0 Å². The van der Waals surface area contributed by atoms with E-state index in [0.717, 1.165) is 43.3 Å². The number of nitrogens with zero attached hydrogens (tertiary/aromatic N) is 3. The van der Waals surface area contributed by atoms with Crippen molar-refractivity contribution in [3.05, 3.63) is 11.9 Å². The summed E-state index contributed by atoms with van der Waals surface area (Å²) in [5.41, 5.74) is 1.09. The summed E-state index contributed by atoms with van der Waals surface area (Å²) in [7, 11) is 0. The Morgan fingerprint density at radius 3 is 2.94 bits per heavy atom. The first-order valence-corrected chi connectivity index (χ1v) is 6.62. The molecule has 0 aromatic carbocycles. The highest BCUT2D eigenvalue weighted by atomic mass is 16.3. The zero-order valence-electron chi connectivity index (χ0n) is 11.3. The van der Waals surface area contributed by atoms with Gasteiger partial charge in [0.25, 0.3) is 0 Å². The van der Waals surface area contributed by atoms with Crippen LogP contribution < -0.4 is 10.2 Å². The number of anilines is 2. The molecule has 2 heterocycles. The van der Waals surface area contributed by atoms with Crippen molar-refractivity contribution in [1.29, 1.82) is 0 Å². The Labute approximate surface area is 108 Å². The Morgan fingerprint density at radius 2 is 2.28 bits per heavy atom. The molecule has 1 aromatic heterocycles. The Morgan fingerprint density at radius 1 is 1.50 bits per heavy atom. The molecule has 5 heteroatoms. The highest BCUT2D eigenvalue weighted by Crippen LogP contribution is 2.26.